The maximum atomic E-state index is 12.9. The molecule has 3 aromatic rings. The van der Waals surface area contributed by atoms with Crippen molar-refractivity contribution in [1.82, 2.24) is 9.55 Å². The Hall–Kier alpha value is -2.35. The summed E-state index contributed by atoms with van der Waals surface area (Å²) in [4.78, 5) is 28.5. The van der Waals surface area contributed by atoms with Crippen molar-refractivity contribution in [1.29, 1.82) is 0 Å². The molecule has 2 aromatic carbocycles. The molecule has 0 aliphatic carbocycles. The van der Waals surface area contributed by atoms with Crippen molar-refractivity contribution in [2.24, 2.45) is 0 Å². The quantitative estimate of drug-likeness (QED) is 0.658. The van der Waals surface area contributed by atoms with Gasteiger partial charge in [0.15, 0.2) is 16.3 Å². The van der Waals surface area contributed by atoms with E-state index in [4.69, 9.17) is 44.9 Å². The lowest BCUT2D eigenvalue weighted by Crippen LogP contribution is -2.29. The number of aromatic nitrogens is 2. The molecule has 0 spiro atoms. The zero-order valence-corrected chi connectivity index (χ0v) is 16.0. The molecule has 26 heavy (non-hydrogen) atoms. The average Bonchev–Trinajstić information content (AvgIpc) is 2.62. The molecule has 0 aliphatic heterocycles. The number of methoxy groups -OCH3 is 2. The first-order chi connectivity index (χ1) is 12.4. The number of nitrogens with one attached hydrogen (secondary N) is 1. The maximum Gasteiger partial charge on any atom is 0.269 e. The molecule has 0 aliphatic rings. The number of carbonyl (C=O) groups excluding carboxylic acids is 1. The van der Waals surface area contributed by atoms with Crippen LogP contribution >= 0.6 is 35.4 Å². The van der Waals surface area contributed by atoms with E-state index in [9.17, 15) is 9.59 Å². The minimum Gasteiger partial charge on any atom is -0.493 e. The number of halogens is 2. The summed E-state index contributed by atoms with van der Waals surface area (Å²) in [5.74, 6) is 0.196. The van der Waals surface area contributed by atoms with Crippen LogP contribution in [0.3, 0.4) is 0 Å². The van der Waals surface area contributed by atoms with Crippen LogP contribution in [0.1, 0.15) is 10.4 Å². The number of hydrogen-bond acceptors (Lipinski definition) is 5. The number of hydrogen-bond donors (Lipinski definition) is 1. The Morgan fingerprint density at radius 3 is 2.46 bits per heavy atom. The van der Waals surface area contributed by atoms with E-state index in [2.05, 4.69) is 4.98 Å². The Bertz CT molecular complexity index is 1150. The van der Waals surface area contributed by atoms with Crippen molar-refractivity contribution < 1.29 is 14.3 Å². The van der Waals surface area contributed by atoms with Gasteiger partial charge in [-0.2, -0.15) is 0 Å². The smallest absolute Gasteiger partial charge is 0.269 e. The van der Waals surface area contributed by atoms with Crippen LogP contribution in [-0.2, 0) is 0 Å². The van der Waals surface area contributed by atoms with Crippen LogP contribution in [0.25, 0.3) is 10.9 Å². The second kappa shape index (κ2) is 7.11. The second-order valence-corrected chi connectivity index (χ2v) is 6.49. The summed E-state index contributed by atoms with van der Waals surface area (Å²) in [6.45, 7) is 0. The minimum atomic E-state index is -0.618. The molecule has 1 aromatic heterocycles. The maximum absolute atomic E-state index is 12.9. The Morgan fingerprint density at radius 1 is 1.12 bits per heavy atom. The number of benzene rings is 2. The van der Waals surface area contributed by atoms with Gasteiger partial charge in [-0.1, -0.05) is 23.2 Å². The van der Waals surface area contributed by atoms with Gasteiger partial charge in [0, 0.05) is 10.6 Å². The van der Waals surface area contributed by atoms with E-state index < -0.39 is 11.5 Å². The summed E-state index contributed by atoms with van der Waals surface area (Å²) in [6.07, 6.45) is 0. The van der Waals surface area contributed by atoms with Crippen molar-refractivity contribution >= 4 is 52.2 Å². The highest BCUT2D eigenvalue weighted by Gasteiger charge is 2.18. The lowest BCUT2D eigenvalue weighted by Gasteiger charge is -2.11. The molecule has 0 atom stereocenters. The van der Waals surface area contributed by atoms with E-state index in [-0.39, 0.29) is 25.8 Å². The fourth-order valence-corrected chi connectivity index (χ4v) is 3.34. The second-order valence-electron chi connectivity index (χ2n) is 5.26. The van der Waals surface area contributed by atoms with Gasteiger partial charge in [0.2, 0.25) is 0 Å². The van der Waals surface area contributed by atoms with Gasteiger partial charge in [0.05, 0.1) is 30.1 Å². The van der Waals surface area contributed by atoms with Gasteiger partial charge in [-0.05, 0) is 42.5 Å². The highest BCUT2D eigenvalue weighted by molar-refractivity contribution is 7.71. The van der Waals surface area contributed by atoms with Crippen LogP contribution in [-0.4, -0.2) is 29.7 Å². The highest BCUT2D eigenvalue weighted by atomic mass is 35.5. The zero-order valence-electron chi connectivity index (χ0n) is 13.6. The van der Waals surface area contributed by atoms with Crippen molar-refractivity contribution in [2.75, 3.05) is 14.2 Å². The molecule has 3 rings (SSSR count). The van der Waals surface area contributed by atoms with E-state index in [1.165, 1.54) is 38.5 Å². The fourth-order valence-electron chi connectivity index (χ4n) is 2.53. The first-order valence-corrected chi connectivity index (χ1v) is 8.44. The van der Waals surface area contributed by atoms with Crippen LogP contribution in [0.4, 0.5) is 0 Å². The highest BCUT2D eigenvalue weighted by Crippen LogP contribution is 2.28. The standard InChI is InChI=1S/C17H12Cl2N2O4S/c1-24-12-4-3-8(5-13(12)25-2)15(22)21-16(23)10-6-9(18)7-11(19)14(10)20-17(21)26/h3-7H,1-2H3,(H,20,26). The molecule has 6 nitrogen and oxygen atoms in total. The molecule has 0 saturated carbocycles. The Balaban J connectivity index is 2.24. The first-order valence-electron chi connectivity index (χ1n) is 7.28. The molecular weight excluding hydrogens is 399 g/mol. The minimum absolute atomic E-state index is 0.0773. The third kappa shape index (κ3) is 3.09. The number of H-pyrrole nitrogens is 1. The topological polar surface area (TPSA) is 73.3 Å². The Labute approximate surface area is 162 Å². The van der Waals surface area contributed by atoms with Crippen molar-refractivity contribution in [3.05, 3.63) is 61.1 Å². The van der Waals surface area contributed by atoms with Crippen molar-refractivity contribution in [3.63, 3.8) is 0 Å². The van der Waals surface area contributed by atoms with Crippen LogP contribution in [0, 0.1) is 4.77 Å². The lowest BCUT2D eigenvalue weighted by atomic mass is 10.1. The first kappa shape index (κ1) is 18.4. The van der Waals surface area contributed by atoms with Gasteiger partial charge in [-0.25, -0.2) is 4.57 Å². The summed E-state index contributed by atoms with van der Waals surface area (Å²) < 4.78 is 11.1. The van der Waals surface area contributed by atoms with E-state index in [0.717, 1.165) is 4.57 Å². The van der Waals surface area contributed by atoms with Crippen LogP contribution in [0.5, 0.6) is 11.5 Å². The van der Waals surface area contributed by atoms with Gasteiger partial charge >= 0.3 is 0 Å². The van der Waals surface area contributed by atoms with Gasteiger partial charge in [-0.15, -0.1) is 0 Å². The van der Waals surface area contributed by atoms with Gasteiger partial charge in [-0.3, -0.25) is 9.59 Å². The monoisotopic (exact) mass is 410 g/mol. The molecule has 0 fully saturated rings. The summed E-state index contributed by atoms with van der Waals surface area (Å²) in [6, 6.07) is 7.46. The van der Waals surface area contributed by atoms with Crippen LogP contribution in [0.2, 0.25) is 10.0 Å². The molecule has 1 N–H and O–H groups in total. The van der Waals surface area contributed by atoms with Crippen LogP contribution in [0.15, 0.2) is 35.1 Å². The largest absolute Gasteiger partial charge is 0.493 e. The van der Waals surface area contributed by atoms with E-state index >= 15 is 0 Å². The van der Waals surface area contributed by atoms with Gasteiger partial charge in [0.25, 0.3) is 11.5 Å². The number of nitrogens with zero attached hydrogens (tertiary/aromatic N) is 1. The SMILES string of the molecule is COc1ccc(C(=O)n2c(=S)[nH]c3c(Cl)cc(Cl)cc3c2=O)cc1OC. The molecule has 1 heterocycles. The third-order valence-electron chi connectivity index (χ3n) is 3.76. The third-order valence-corrected chi connectivity index (χ3v) is 4.56. The number of aromatic amines is 1. The van der Waals surface area contributed by atoms with Crippen molar-refractivity contribution in [3.8, 4) is 11.5 Å². The summed E-state index contributed by atoms with van der Waals surface area (Å²) >= 11 is 17.3. The Morgan fingerprint density at radius 2 is 1.81 bits per heavy atom. The molecule has 0 unspecified atom stereocenters. The Kier molecular flexibility index (Phi) is 5.04. The number of rotatable bonds is 3. The molecule has 134 valence electrons. The number of fused-ring (bicyclic) bond motifs is 1. The van der Waals surface area contributed by atoms with Crippen molar-refractivity contribution in [2.45, 2.75) is 0 Å². The predicted octanol–water partition coefficient (Wildman–Crippen LogP) is 4.07. The molecular formula is C17H12Cl2N2O4S. The molecule has 9 heteroatoms. The normalized spacial score (nSPS) is 10.8. The molecule has 0 bridgehead atoms. The molecule has 0 amide bonds. The lowest BCUT2D eigenvalue weighted by molar-refractivity contribution is 0.0953. The summed E-state index contributed by atoms with van der Waals surface area (Å²) in [5.41, 5.74) is -0.0907. The fraction of sp³-hybridized carbons (Fsp3) is 0.118. The summed E-state index contributed by atoms with van der Waals surface area (Å²) in [7, 11) is 2.93. The predicted molar refractivity (Wildman–Crippen MR) is 103 cm³/mol. The molecule has 0 radical (unpaired) electrons. The van der Waals surface area contributed by atoms with E-state index in [0.29, 0.717) is 17.0 Å². The zero-order chi connectivity index (χ0) is 19.0. The average molecular weight is 411 g/mol. The number of carbonyl (C=O) groups is 1. The molecule has 0 saturated heterocycles. The summed E-state index contributed by atoms with van der Waals surface area (Å²) in [5, 5.41) is 0.668. The van der Waals surface area contributed by atoms with E-state index in [1.807, 2.05) is 0 Å². The van der Waals surface area contributed by atoms with Gasteiger partial charge in [0.1, 0.15) is 0 Å². The van der Waals surface area contributed by atoms with Gasteiger partial charge < -0.3 is 14.5 Å². The van der Waals surface area contributed by atoms with Crippen LogP contribution < -0.4 is 15.0 Å². The number of ether oxygens (including phenoxy) is 2. The van der Waals surface area contributed by atoms with E-state index in [1.54, 1.807) is 6.07 Å².